The highest BCUT2D eigenvalue weighted by Gasteiger charge is 2.52. The van der Waals surface area contributed by atoms with Crippen molar-refractivity contribution in [1.29, 1.82) is 0 Å². The minimum absolute atomic E-state index is 0.142. The third-order valence-corrected chi connectivity index (χ3v) is 5.44. The van der Waals surface area contributed by atoms with Gasteiger partial charge in [0.2, 0.25) is 0 Å². The quantitative estimate of drug-likeness (QED) is 0.555. The number of hydrogen-bond donors (Lipinski definition) is 2. The fourth-order valence-electron chi connectivity index (χ4n) is 4.16. The van der Waals surface area contributed by atoms with Crippen molar-refractivity contribution < 1.29 is 19.2 Å². The lowest BCUT2D eigenvalue weighted by Crippen LogP contribution is -2.44. The van der Waals surface area contributed by atoms with E-state index in [0.29, 0.717) is 35.2 Å². The van der Waals surface area contributed by atoms with Crippen LogP contribution >= 0.6 is 0 Å². The Bertz CT molecular complexity index is 993. The number of nitrogens with one attached hydrogen (secondary N) is 2. The Balaban J connectivity index is 1.92. The summed E-state index contributed by atoms with van der Waals surface area (Å²) in [4.78, 5) is 54.6. The van der Waals surface area contributed by atoms with Gasteiger partial charge >= 0.3 is 6.03 Å². The van der Waals surface area contributed by atoms with Crippen LogP contribution in [0.5, 0.6) is 0 Å². The van der Waals surface area contributed by atoms with Crippen LogP contribution < -0.4 is 5.32 Å². The van der Waals surface area contributed by atoms with Gasteiger partial charge in [0.05, 0.1) is 12.2 Å². The molecule has 0 radical (unpaired) electrons. The molecule has 1 aliphatic rings. The predicted molar refractivity (Wildman–Crippen MR) is 108 cm³/mol. The van der Waals surface area contributed by atoms with Crippen molar-refractivity contribution in [1.82, 2.24) is 15.2 Å². The molecule has 1 aromatic heterocycles. The van der Waals surface area contributed by atoms with Crippen molar-refractivity contribution >= 4 is 23.5 Å². The van der Waals surface area contributed by atoms with E-state index in [4.69, 9.17) is 0 Å². The summed E-state index contributed by atoms with van der Waals surface area (Å²) < 4.78 is 0. The third-order valence-electron chi connectivity index (χ3n) is 5.44. The van der Waals surface area contributed by atoms with Gasteiger partial charge in [-0.05, 0) is 38.3 Å². The molecule has 2 N–H and O–H groups in total. The maximum Gasteiger partial charge on any atom is 0.325 e. The first-order valence-corrected chi connectivity index (χ1v) is 9.65. The molecule has 3 amide bonds. The van der Waals surface area contributed by atoms with Gasteiger partial charge in [-0.25, -0.2) is 4.79 Å². The summed E-state index contributed by atoms with van der Waals surface area (Å²) in [5.74, 6) is -0.991. The summed E-state index contributed by atoms with van der Waals surface area (Å²) in [5, 5.41) is 2.81. The summed E-state index contributed by atoms with van der Waals surface area (Å²) in [5.41, 5.74) is 1.38. The molecule has 1 saturated heterocycles. The van der Waals surface area contributed by atoms with Crippen molar-refractivity contribution in [3.05, 3.63) is 58.4 Å². The number of Topliss-reactive ketones (excluding diaryl/α,β-unsaturated/α-hetero) is 2. The molecule has 1 fully saturated rings. The molecule has 7 heteroatoms. The van der Waals surface area contributed by atoms with Crippen molar-refractivity contribution in [3.8, 4) is 0 Å². The maximum absolute atomic E-state index is 13.3. The van der Waals surface area contributed by atoms with Gasteiger partial charge in [-0.2, -0.15) is 0 Å². The zero-order chi connectivity index (χ0) is 21.3. The molecule has 152 valence electrons. The molecule has 0 aliphatic carbocycles. The van der Waals surface area contributed by atoms with E-state index in [-0.39, 0.29) is 18.0 Å². The average molecular weight is 395 g/mol. The summed E-state index contributed by atoms with van der Waals surface area (Å²) in [6, 6.07) is 8.48. The molecule has 2 aromatic rings. The molecule has 1 atom stereocenters. The first-order chi connectivity index (χ1) is 13.7. The molecule has 0 unspecified atom stereocenters. The second kappa shape index (κ2) is 7.66. The predicted octanol–water partition coefficient (Wildman–Crippen LogP) is 3.26. The lowest BCUT2D eigenvalue weighted by molar-refractivity contribution is -0.131. The van der Waals surface area contributed by atoms with E-state index in [1.54, 1.807) is 26.0 Å². The number of carbonyl (C=O) groups excluding carboxylic acids is 4. The summed E-state index contributed by atoms with van der Waals surface area (Å²) >= 11 is 0. The summed E-state index contributed by atoms with van der Waals surface area (Å²) in [6.45, 7) is 6.39. The number of benzene rings is 1. The number of aromatic nitrogens is 1. The molecule has 3 rings (SSSR count). The van der Waals surface area contributed by atoms with Gasteiger partial charge in [0.1, 0.15) is 5.54 Å². The average Bonchev–Trinajstić information content (AvgIpc) is 3.11. The number of imide groups is 1. The molecule has 0 bridgehead atoms. The van der Waals surface area contributed by atoms with Crippen LogP contribution in [0.15, 0.2) is 30.3 Å². The molecule has 2 heterocycles. The molecular formula is C22H25N3O4. The number of rotatable bonds is 7. The normalized spacial score (nSPS) is 18.8. The van der Waals surface area contributed by atoms with Gasteiger partial charge in [-0.3, -0.25) is 19.3 Å². The fraction of sp³-hybridized carbons (Fsp3) is 0.364. The Morgan fingerprint density at radius 2 is 1.76 bits per heavy atom. The number of H-pyrrole nitrogens is 1. The largest absolute Gasteiger partial charge is 0.355 e. The Morgan fingerprint density at radius 1 is 1.10 bits per heavy atom. The summed E-state index contributed by atoms with van der Waals surface area (Å²) in [6.07, 6.45) is 1.11. The van der Waals surface area contributed by atoms with Crippen LogP contribution in [-0.4, -0.2) is 39.9 Å². The molecule has 0 spiro atoms. The SMILES string of the molecule is CCC[C@@]1(c2ccccc2)NC(=O)N(CC(=O)c2[nH]c(C)c(C(C)=O)c2C)C1=O. The van der Waals surface area contributed by atoms with Crippen LogP contribution in [0.1, 0.15) is 64.4 Å². The van der Waals surface area contributed by atoms with E-state index < -0.39 is 23.3 Å². The van der Waals surface area contributed by atoms with Crippen LogP contribution in [0.2, 0.25) is 0 Å². The summed E-state index contributed by atoms with van der Waals surface area (Å²) in [7, 11) is 0. The molecule has 0 saturated carbocycles. The van der Waals surface area contributed by atoms with E-state index in [0.717, 1.165) is 4.90 Å². The second-order valence-corrected chi connectivity index (χ2v) is 7.45. The Labute approximate surface area is 169 Å². The number of hydrogen-bond acceptors (Lipinski definition) is 4. The van der Waals surface area contributed by atoms with Gasteiger partial charge in [-0.1, -0.05) is 43.7 Å². The van der Waals surface area contributed by atoms with Gasteiger partial charge in [0.15, 0.2) is 11.6 Å². The van der Waals surface area contributed by atoms with Gasteiger partial charge in [0, 0.05) is 11.3 Å². The van der Waals surface area contributed by atoms with Crippen LogP contribution in [0.25, 0.3) is 0 Å². The third kappa shape index (κ3) is 3.37. The molecular weight excluding hydrogens is 370 g/mol. The molecule has 7 nitrogen and oxygen atoms in total. The smallest absolute Gasteiger partial charge is 0.325 e. The van der Waals surface area contributed by atoms with E-state index in [1.807, 2.05) is 25.1 Å². The number of amides is 3. The number of ketones is 2. The van der Waals surface area contributed by atoms with Crippen LogP contribution in [-0.2, 0) is 10.3 Å². The lowest BCUT2D eigenvalue weighted by atomic mass is 9.85. The number of nitrogens with zero attached hydrogens (tertiary/aromatic N) is 1. The van der Waals surface area contributed by atoms with Crippen LogP contribution in [0, 0.1) is 13.8 Å². The lowest BCUT2D eigenvalue weighted by Gasteiger charge is -2.26. The Kier molecular flexibility index (Phi) is 5.42. The first-order valence-electron chi connectivity index (χ1n) is 9.65. The number of aromatic amines is 1. The van der Waals surface area contributed by atoms with E-state index in [9.17, 15) is 19.2 Å². The van der Waals surface area contributed by atoms with E-state index in [2.05, 4.69) is 10.3 Å². The Morgan fingerprint density at radius 3 is 2.31 bits per heavy atom. The van der Waals surface area contributed by atoms with Crippen molar-refractivity contribution in [2.24, 2.45) is 0 Å². The van der Waals surface area contributed by atoms with Crippen molar-refractivity contribution in [2.45, 2.75) is 46.1 Å². The van der Waals surface area contributed by atoms with Crippen molar-refractivity contribution in [2.75, 3.05) is 6.54 Å². The molecule has 1 aromatic carbocycles. The maximum atomic E-state index is 13.3. The minimum Gasteiger partial charge on any atom is -0.355 e. The zero-order valence-corrected chi connectivity index (χ0v) is 17.1. The van der Waals surface area contributed by atoms with Gasteiger partial charge in [0.25, 0.3) is 5.91 Å². The standard InChI is InChI=1S/C22H25N3O4/c1-5-11-22(16-9-7-6-8-10-16)20(28)25(21(29)24-22)12-17(27)19-13(2)18(15(4)26)14(3)23-19/h6-10,23H,5,11-12H2,1-4H3,(H,24,29)/t22-/m0/s1. The van der Waals surface area contributed by atoms with Crippen LogP contribution in [0.4, 0.5) is 4.79 Å². The number of aryl methyl sites for hydroxylation is 1. The van der Waals surface area contributed by atoms with E-state index in [1.165, 1.54) is 6.92 Å². The highest BCUT2D eigenvalue weighted by atomic mass is 16.2. The fourth-order valence-corrected chi connectivity index (χ4v) is 4.16. The van der Waals surface area contributed by atoms with Crippen molar-refractivity contribution in [3.63, 3.8) is 0 Å². The highest BCUT2D eigenvalue weighted by molar-refractivity contribution is 6.12. The monoisotopic (exact) mass is 395 g/mol. The Hall–Kier alpha value is -3.22. The van der Waals surface area contributed by atoms with Crippen LogP contribution in [0.3, 0.4) is 0 Å². The van der Waals surface area contributed by atoms with Gasteiger partial charge < -0.3 is 10.3 Å². The topological polar surface area (TPSA) is 99.3 Å². The number of carbonyl (C=O) groups is 4. The van der Waals surface area contributed by atoms with E-state index >= 15 is 0 Å². The minimum atomic E-state index is -1.17. The highest BCUT2D eigenvalue weighted by Crippen LogP contribution is 2.33. The zero-order valence-electron chi connectivity index (χ0n) is 17.1. The number of urea groups is 1. The second-order valence-electron chi connectivity index (χ2n) is 7.45. The molecule has 1 aliphatic heterocycles. The molecule has 29 heavy (non-hydrogen) atoms. The van der Waals surface area contributed by atoms with Gasteiger partial charge in [-0.15, -0.1) is 0 Å². The first kappa shape index (κ1) is 20.5.